The number of anilines is 1. The molecule has 0 saturated carbocycles. The minimum absolute atomic E-state index is 0.000793. The summed E-state index contributed by atoms with van der Waals surface area (Å²) >= 11 is 7.71. The molecule has 7 heteroatoms. The molecule has 0 aliphatic carbocycles. The first-order chi connectivity index (χ1) is 14.4. The Morgan fingerprint density at radius 2 is 1.90 bits per heavy atom. The summed E-state index contributed by atoms with van der Waals surface area (Å²) in [5.41, 5.74) is 1.70. The Balaban J connectivity index is 1.97. The van der Waals surface area contributed by atoms with Crippen LogP contribution < -0.4 is 9.64 Å². The summed E-state index contributed by atoms with van der Waals surface area (Å²) < 4.78 is 5.22. The molecule has 1 aromatic heterocycles. The van der Waals surface area contributed by atoms with Crippen molar-refractivity contribution in [2.45, 2.75) is 13.0 Å². The second-order valence-corrected chi connectivity index (χ2v) is 8.20. The highest BCUT2D eigenvalue weighted by atomic mass is 35.5. The number of hydrogen-bond acceptors (Lipinski definition) is 5. The van der Waals surface area contributed by atoms with Crippen molar-refractivity contribution < 1.29 is 19.4 Å². The molecule has 1 atom stereocenters. The van der Waals surface area contributed by atoms with Crippen molar-refractivity contribution in [3.05, 3.63) is 86.6 Å². The van der Waals surface area contributed by atoms with E-state index in [0.717, 1.165) is 10.4 Å². The molecule has 1 saturated heterocycles. The van der Waals surface area contributed by atoms with Crippen molar-refractivity contribution in [2.24, 2.45) is 0 Å². The normalized spacial score (nSPS) is 18.1. The molecule has 1 unspecified atom stereocenters. The number of ether oxygens (including phenoxy) is 1. The molecular formula is C23H18ClNO4S. The molecule has 1 fully saturated rings. The van der Waals surface area contributed by atoms with E-state index in [1.807, 2.05) is 42.6 Å². The summed E-state index contributed by atoms with van der Waals surface area (Å²) in [6, 6.07) is 15.0. The SMILES string of the molecule is COc1ccc(Cl)c(/C(O)=C2/C(=O)C(=O)N(c3ccccc3C)C2c2cccs2)c1. The number of hydrogen-bond donors (Lipinski definition) is 1. The Labute approximate surface area is 182 Å². The van der Waals surface area contributed by atoms with Crippen molar-refractivity contribution in [3.63, 3.8) is 0 Å². The number of carbonyl (C=O) groups is 2. The summed E-state index contributed by atoms with van der Waals surface area (Å²) in [7, 11) is 1.50. The number of nitrogens with zero attached hydrogens (tertiary/aromatic N) is 1. The van der Waals surface area contributed by atoms with Crippen LogP contribution in [0.2, 0.25) is 5.02 Å². The number of Topliss-reactive ketones (excluding diaryl/α,β-unsaturated/α-hetero) is 1. The van der Waals surface area contributed by atoms with E-state index in [4.69, 9.17) is 16.3 Å². The second-order valence-electron chi connectivity index (χ2n) is 6.82. The zero-order valence-corrected chi connectivity index (χ0v) is 17.8. The molecule has 1 N–H and O–H groups in total. The third-order valence-corrected chi connectivity index (χ3v) is 6.32. The number of aliphatic hydroxyl groups is 1. The maximum Gasteiger partial charge on any atom is 0.300 e. The molecule has 2 aromatic carbocycles. The second kappa shape index (κ2) is 7.97. The van der Waals surface area contributed by atoms with Gasteiger partial charge in [-0.1, -0.05) is 35.9 Å². The van der Waals surface area contributed by atoms with E-state index in [1.54, 1.807) is 24.3 Å². The molecule has 0 radical (unpaired) electrons. The molecule has 4 rings (SSSR count). The molecule has 1 aliphatic heterocycles. The minimum atomic E-state index is -0.756. The lowest BCUT2D eigenvalue weighted by Crippen LogP contribution is -2.29. The molecule has 2 heterocycles. The van der Waals surface area contributed by atoms with Crippen LogP contribution in [-0.2, 0) is 9.59 Å². The average Bonchev–Trinajstić information content (AvgIpc) is 3.36. The number of benzene rings is 2. The van der Waals surface area contributed by atoms with Gasteiger partial charge in [-0.05, 0) is 48.2 Å². The van der Waals surface area contributed by atoms with Crippen molar-refractivity contribution in [1.82, 2.24) is 0 Å². The maximum absolute atomic E-state index is 13.1. The third-order valence-electron chi connectivity index (χ3n) is 5.06. The third kappa shape index (κ3) is 3.28. The summed E-state index contributed by atoms with van der Waals surface area (Å²) in [6.07, 6.45) is 0. The van der Waals surface area contributed by atoms with Crippen LogP contribution in [0.25, 0.3) is 5.76 Å². The van der Waals surface area contributed by atoms with Gasteiger partial charge in [0.15, 0.2) is 0 Å². The molecule has 30 heavy (non-hydrogen) atoms. The number of thiophene rings is 1. The first-order valence-corrected chi connectivity index (χ1v) is 10.4. The first kappa shape index (κ1) is 20.2. The quantitative estimate of drug-likeness (QED) is 0.338. The summed E-state index contributed by atoms with van der Waals surface area (Å²) in [4.78, 5) is 28.4. The number of rotatable bonds is 4. The highest BCUT2D eigenvalue weighted by Gasteiger charge is 2.47. The fourth-order valence-electron chi connectivity index (χ4n) is 3.59. The largest absolute Gasteiger partial charge is 0.507 e. The summed E-state index contributed by atoms with van der Waals surface area (Å²) in [5.74, 6) is -1.30. The van der Waals surface area contributed by atoms with Crippen LogP contribution >= 0.6 is 22.9 Å². The van der Waals surface area contributed by atoms with Gasteiger partial charge in [0.1, 0.15) is 17.6 Å². The number of para-hydroxylation sites is 1. The molecule has 0 bridgehead atoms. The molecular weight excluding hydrogens is 422 g/mol. The predicted molar refractivity (Wildman–Crippen MR) is 118 cm³/mol. The van der Waals surface area contributed by atoms with Gasteiger partial charge in [-0.3, -0.25) is 14.5 Å². The molecule has 3 aromatic rings. The standard InChI is InChI=1S/C23H18ClNO4S/c1-13-6-3-4-7-17(13)25-20(18-8-5-11-30-18)19(22(27)23(25)28)21(26)15-12-14(29-2)9-10-16(15)24/h3-12,20,26H,1-2H3/b21-19-. The van der Waals surface area contributed by atoms with Gasteiger partial charge in [-0.15, -0.1) is 11.3 Å². The number of amides is 1. The van der Waals surface area contributed by atoms with E-state index in [0.29, 0.717) is 11.4 Å². The number of methoxy groups -OCH3 is 1. The van der Waals surface area contributed by atoms with E-state index in [1.165, 1.54) is 23.3 Å². The fourth-order valence-corrected chi connectivity index (χ4v) is 4.62. The number of halogens is 1. The number of carbonyl (C=O) groups excluding carboxylic acids is 2. The molecule has 0 spiro atoms. The zero-order chi connectivity index (χ0) is 21.4. The monoisotopic (exact) mass is 439 g/mol. The van der Waals surface area contributed by atoms with Crippen LogP contribution in [0.15, 0.2) is 65.6 Å². The zero-order valence-electron chi connectivity index (χ0n) is 16.3. The van der Waals surface area contributed by atoms with Crippen LogP contribution in [-0.4, -0.2) is 23.9 Å². The topological polar surface area (TPSA) is 66.8 Å². The Bertz CT molecular complexity index is 1170. The van der Waals surface area contributed by atoms with Crippen molar-refractivity contribution >= 4 is 46.1 Å². The van der Waals surface area contributed by atoms with E-state index in [2.05, 4.69) is 0 Å². The van der Waals surface area contributed by atoms with Gasteiger partial charge in [0.2, 0.25) is 0 Å². The predicted octanol–water partition coefficient (Wildman–Crippen LogP) is 5.34. The van der Waals surface area contributed by atoms with Gasteiger partial charge in [-0.2, -0.15) is 0 Å². The van der Waals surface area contributed by atoms with Gasteiger partial charge >= 0.3 is 0 Å². The van der Waals surface area contributed by atoms with Crippen LogP contribution in [0.1, 0.15) is 22.0 Å². The van der Waals surface area contributed by atoms with Gasteiger partial charge in [0, 0.05) is 16.1 Å². The van der Waals surface area contributed by atoms with E-state index >= 15 is 0 Å². The summed E-state index contributed by atoms with van der Waals surface area (Å²) in [6.45, 7) is 1.87. The molecule has 152 valence electrons. The van der Waals surface area contributed by atoms with E-state index < -0.39 is 17.7 Å². The number of ketones is 1. The van der Waals surface area contributed by atoms with Gasteiger partial charge in [-0.25, -0.2) is 0 Å². The summed E-state index contributed by atoms with van der Waals surface area (Å²) in [5, 5.41) is 13.3. The van der Waals surface area contributed by atoms with Crippen molar-refractivity contribution in [2.75, 3.05) is 12.0 Å². The Morgan fingerprint density at radius 3 is 2.57 bits per heavy atom. The molecule has 5 nitrogen and oxygen atoms in total. The van der Waals surface area contributed by atoms with Crippen LogP contribution in [0.4, 0.5) is 5.69 Å². The number of aryl methyl sites for hydroxylation is 1. The van der Waals surface area contributed by atoms with E-state index in [-0.39, 0.29) is 21.9 Å². The van der Waals surface area contributed by atoms with Crippen molar-refractivity contribution in [3.8, 4) is 5.75 Å². The van der Waals surface area contributed by atoms with Crippen LogP contribution in [0, 0.1) is 6.92 Å². The van der Waals surface area contributed by atoms with Gasteiger partial charge in [0.25, 0.3) is 11.7 Å². The Hall–Kier alpha value is -3.09. The van der Waals surface area contributed by atoms with Crippen LogP contribution in [0.5, 0.6) is 5.75 Å². The van der Waals surface area contributed by atoms with Gasteiger partial charge < -0.3 is 9.84 Å². The maximum atomic E-state index is 13.1. The molecule has 1 aliphatic rings. The fraction of sp³-hybridized carbons (Fsp3) is 0.130. The Morgan fingerprint density at radius 1 is 1.13 bits per heavy atom. The minimum Gasteiger partial charge on any atom is -0.507 e. The highest BCUT2D eigenvalue weighted by molar-refractivity contribution is 7.10. The smallest absolute Gasteiger partial charge is 0.300 e. The highest BCUT2D eigenvalue weighted by Crippen LogP contribution is 2.45. The van der Waals surface area contributed by atoms with E-state index in [9.17, 15) is 14.7 Å². The lowest BCUT2D eigenvalue weighted by Gasteiger charge is -2.25. The average molecular weight is 440 g/mol. The van der Waals surface area contributed by atoms with Crippen molar-refractivity contribution in [1.29, 1.82) is 0 Å². The molecule has 1 amide bonds. The van der Waals surface area contributed by atoms with Crippen LogP contribution in [0.3, 0.4) is 0 Å². The number of aliphatic hydroxyl groups excluding tert-OH is 1. The Kier molecular flexibility index (Phi) is 5.37. The van der Waals surface area contributed by atoms with Gasteiger partial charge in [0.05, 0.1) is 17.7 Å². The lowest BCUT2D eigenvalue weighted by atomic mass is 9.99. The first-order valence-electron chi connectivity index (χ1n) is 9.18. The lowest BCUT2D eigenvalue weighted by molar-refractivity contribution is -0.132.